The zero-order valence-corrected chi connectivity index (χ0v) is 14.5. The molecule has 1 saturated heterocycles. The molecule has 0 bridgehead atoms. The van der Waals surface area contributed by atoms with Crippen LogP contribution in [0.25, 0.3) is 0 Å². The molecular weight excluding hydrogens is 308 g/mol. The lowest BCUT2D eigenvalue weighted by Crippen LogP contribution is -2.47. The van der Waals surface area contributed by atoms with E-state index in [1.807, 2.05) is 30.8 Å². The van der Waals surface area contributed by atoms with Crippen molar-refractivity contribution < 1.29 is 9.90 Å². The Kier molecular flexibility index (Phi) is 5.49. The number of aliphatic hydroxyl groups is 1. The van der Waals surface area contributed by atoms with E-state index in [2.05, 4.69) is 17.4 Å². The largest absolute Gasteiger partial charge is 0.391 e. The van der Waals surface area contributed by atoms with Gasteiger partial charge in [0.2, 0.25) is 0 Å². The second kappa shape index (κ2) is 7.58. The Morgan fingerprint density at radius 3 is 2.57 bits per heavy atom. The van der Waals surface area contributed by atoms with Crippen molar-refractivity contribution in [1.29, 1.82) is 0 Å². The number of piperidine rings is 1. The molecular formula is C18H26N2O2S. The van der Waals surface area contributed by atoms with Gasteiger partial charge in [-0.25, -0.2) is 4.79 Å². The number of β-amino-alcohol motifs (C(OH)–C–C–N with tert-alkyl or cyclic N) is 1. The van der Waals surface area contributed by atoms with E-state index in [1.54, 1.807) is 4.90 Å². The first kappa shape index (κ1) is 16.7. The molecule has 5 heteroatoms. The number of nitrogens with zero attached hydrogens (tertiary/aromatic N) is 1. The van der Waals surface area contributed by atoms with Crippen LogP contribution in [-0.4, -0.2) is 40.5 Å². The molecule has 23 heavy (non-hydrogen) atoms. The predicted molar refractivity (Wildman–Crippen MR) is 94.9 cm³/mol. The van der Waals surface area contributed by atoms with Crippen molar-refractivity contribution in [3.8, 4) is 0 Å². The number of urea groups is 1. The van der Waals surface area contributed by atoms with Crippen LogP contribution in [0.4, 0.5) is 10.5 Å². The van der Waals surface area contributed by atoms with Gasteiger partial charge in [0.05, 0.1) is 6.10 Å². The summed E-state index contributed by atoms with van der Waals surface area (Å²) in [7, 11) is 0. The molecule has 0 spiro atoms. The van der Waals surface area contributed by atoms with Gasteiger partial charge in [0.15, 0.2) is 0 Å². The number of rotatable bonds is 3. The van der Waals surface area contributed by atoms with E-state index in [0.717, 1.165) is 17.4 Å². The van der Waals surface area contributed by atoms with Crippen molar-refractivity contribution in [3.63, 3.8) is 0 Å². The Labute approximate surface area is 142 Å². The van der Waals surface area contributed by atoms with Crippen LogP contribution in [0.2, 0.25) is 0 Å². The standard InChI is InChI=1S/C18H26N2O2S/c1-13-10-11-20(12-17(13)21)18(22)19-14-6-8-16(9-7-14)23-15-4-2-3-5-15/h6-9,13,15,17,21H,2-5,10-12H2,1H3,(H,19,22). The number of anilines is 1. The second-order valence-corrected chi connectivity index (χ2v) is 8.13. The van der Waals surface area contributed by atoms with Gasteiger partial charge in [0.1, 0.15) is 0 Å². The molecule has 2 amide bonds. The maximum absolute atomic E-state index is 12.3. The highest BCUT2D eigenvalue weighted by Gasteiger charge is 2.27. The fourth-order valence-corrected chi connectivity index (χ4v) is 4.50. The number of benzene rings is 1. The van der Waals surface area contributed by atoms with Crippen LogP contribution in [0.1, 0.15) is 39.0 Å². The molecule has 2 N–H and O–H groups in total. The molecule has 1 aromatic rings. The molecule has 1 aliphatic carbocycles. The molecule has 2 atom stereocenters. The first-order valence-corrected chi connectivity index (χ1v) is 9.50. The van der Waals surface area contributed by atoms with Gasteiger partial charge in [-0.2, -0.15) is 0 Å². The molecule has 2 aliphatic rings. The summed E-state index contributed by atoms with van der Waals surface area (Å²) in [4.78, 5) is 15.3. The van der Waals surface area contributed by atoms with Crippen LogP contribution in [0.3, 0.4) is 0 Å². The molecule has 1 saturated carbocycles. The summed E-state index contributed by atoms with van der Waals surface area (Å²) in [5.41, 5.74) is 0.818. The van der Waals surface area contributed by atoms with Crippen molar-refractivity contribution in [2.45, 2.75) is 55.3 Å². The number of hydrogen-bond acceptors (Lipinski definition) is 3. The average Bonchev–Trinajstić information content (AvgIpc) is 3.05. The summed E-state index contributed by atoms with van der Waals surface area (Å²) < 4.78 is 0. The van der Waals surface area contributed by atoms with Crippen LogP contribution in [-0.2, 0) is 0 Å². The van der Waals surface area contributed by atoms with Gasteiger partial charge >= 0.3 is 6.03 Å². The van der Waals surface area contributed by atoms with Crippen LogP contribution in [0, 0.1) is 5.92 Å². The number of hydrogen-bond donors (Lipinski definition) is 2. The highest BCUT2D eigenvalue weighted by molar-refractivity contribution is 8.00. The van der Waals surface area contributed by atoms with E-state index in [4.69, 9.17) is 0 Å². The van der Waals surface area contributed by atoms with Crippen molar-refractivity contribution in [2.24, 2.45) is 5.92 Å². The third-order valence-corrected chi connectivity index (χ3v) is 6.27. The van der Waals surface area contributed by atoms with Crippen LogP contribution in [0.5, 0.6) is 0 Å². The van der Waals surface area contributed by atoms with Crippen LogP contribution < -0.4 is 5.32 Å². The zero-order chi connectivity index (χ0) is 16.2. The van der Waals surface area contributed by atoms with Gasteiger partial charge in [-0.1, -0.05) is 19.8 Å². The molecule has 2 unspecified atom stereocenters. The van der Waals surface area contributed by atoms with Gasteiger partial charge < -0.3 is 15.3 Å². The van der Waals surface area contributed by atoms with E-state index in [1.165, 1.54) is 30.6 Å². The summed E-state index contributed by atoms with van der Waals surface area (Å²) in [6.07, 6.45) is 5.78. The van der Waals surface area contributed by atoms with Gasteiger partial charge in [0.25, 0.3) is 0 Å². The number of nitrogens with one attached hydrogen (secondary N) is 1. The number of aliphatic hydroxyl groups excluding tert-OH is 1. The molecule has 0 radical (unpaired) electrons. The van der Waals surface area contributed by atoms with Gasteiger partial charge in [-0.3, -0.25) is 0 Å². The minimum absolute atomic E-state index is 0.118. The fourth-order valence-electron chi connectivity index (χ4n) is 3.25. The average molecular weight is 334 g/mol. The maximum atomic E-state index is 12.3. The molecule has 1 aromatic carbocycles. The molecule has 2 fully saturated rings. The van der Waals surface area contributed by atoms with Crippen LogP contribution >= 0.6 is 11.8 Å². The number of thioether (sulfide) groups is 1. The Morgan fingerprint density at radius 2 is 1.91 bits per heavy atom. The molecule has 126 valence electrons. The van der Waals surface area contributed by atoms with Crippen molar-refractivity contribution in [1.82, 2.24) is 4.90 Å². The SMILES string of the molecule is CC1CCN(C(=O)Nc2ccc(SC3CCCC3)cc2)CC1O. The maximum Gasteiger partial charge on any atom is 0.321 e. The van der Waals surface area contributed by atoms with Crippen molar-refractivity contribution in [2.75, 3.05) is 18.4 Å². The second-order valence-electron chi connectivity index (χ2n) is 6.76. The normalized spacial score (nSPS) is 25.6. The third-order valence-electron chi connectivity index (χ3n) is 4.92. The highest BCUT2D eigenvalue weighted by Crippen LogP contribution is 2.35. The summed E-state index contributed by atoms with van der Waals surface area (Å²) in [6.45, 7) is 3.16. The number of carbonyl (C=O) groups is 1. The topological polar surface area (TPSA) is 52.6 Å². The summed E-state index contributed by atoms with van der Waals surface area (Å²) in [5, 5.41) is 13.6. The molecule has 1 aliphatic heterocycles. The Hall–Kier alpha value is -1.20. The number of amides is 2. The summed E-state index contributed by atoms with van der Waals surface area (Å²) in [5.74, 6) is 0.269. The summed E-state index contributed by atoms with van der Waals surface area (Å²) >= 11 is 1.95. The van der Waals surface area contributed by atoms with Gasteiger partial charge in [0, 0.05) is 28.9 Å². The first-order valence-electron chi connectivity index (χ1n) is 8.62. The smallest absolute Gasteiger partial charge is 0.321 e. The number of likely N-dealkylation sites (tertiary alicyclic amines) is 1. The first-order chi connectivity index (χ1) is 11.1. The third kappa shape index (κ3) is 4.42. The van der Waals surface area contributed by atoms with Gasteiger partial charge in [-0.15, -0.1) is 11.8 Å². The summed E-state index contributed by atoms with van der Waals surface area (Å²) in [6, 6.07) is 8.00. The lowest BCUT2D eigenvalue weighted by Gasteiger charge is -2.34. The van der Waals surface area contributed by atoms with Crippen LogP contribution in [0.15, 0.2) is 29.2 Å². The van der Waals surface area contributed by atoms with E-state index in [9.17, 15) is 9.90 Å². The van der Waals surface area contributed by atoms with E-state index >= 15 is 0 Å². The highest BCUT2D eigenvalue weighted by atomic mass is 32.2. The minimum Gasteiger partial charge on any atom is -0.391 e. The number of carbonyl (C=O) groups excluding carboxylic acids is 1. The lowest BCUT2D eigenvalue weighted by atomic mass is 9.96. The van der Waals surface area contributed by atoms with E-state index < -0.39 is 6.10 Å². The monoisotopic (exact) mass is 334 g/mol. The van der Waals surface area contributed by atoms with E-state index in [0.29, 0.717) is 13.1 Å². The Balaban J connectivity index is 1.52. The van der Waals surface area contributed by atoms with Crippen molar-refractivity contribution >= 4 is 23.5 Å². The van der Waals surface area contributed by atoms with Crippen molar-refractivity contribution in [3.05, 3.63) is 24.3 Å². The molecule has 1 heterocycles. The fraction of sp³-hybridized carbons (Fsp3) is 0.611. The quantitative estimate of drug-likeness (QED) is 0.880. The predicted octanol–water partition coefficient (Wildman–Crippen LogP) is 3.96. The molecule has 0 aromatic heterocycles. The van der Waals surface area contributed by atoms with Gasteiger partial charge in [-0.05, 0) is 49.4 Å². The van der Waals surface area contributed by atoms with E-state index in [-0.39, 0.29) is 11.9 Å². The lowest BCUT2D eigenvalue weighted by molar-refractivity contribution is 0.0464. The zero-order valence-electron chi connectivity index (χ0n) is 13.7. The molecule has 4 nitrogen and oxygen atoms in total. The Bertz CT molecular complexity index is 528. The minimum atomic E-state index is -0.417. The molecule has 3 rings (SSSR count). The Morgan fingerprint density at radius 1 is 1.22 bits per heavy atom.